The molecule has 18 heavy (non-hydrogen) atoms. The number of carbonyl (C=O) groups excluding carboxylic acids is 1. The minimum absolute atomic E-state index is 0.156. The molecule has 0 unspecified atom stereocenters. The van der Waals surface area contributed by atoms with Crippen LogP contribution in [0.3, 0.4) is 0 Å². The van der Waals surface area contributed by atoms with Crippen molar-refractivity contribution in [3.8, 4) is 0 Å². The summed E-state index contributed by atoms with van der Waals surface area (Å²) >= 11 is 3.32. The minimum atomic E-state index is -0.156. The monoisotopic (exact) mass is 309 g/mol. The molecule has 5 nitrogen and oxygen atoms in total. The smallest absolute Gasteiger partial charge is 0.230 e. The summed E-state index contributed by atoms with van der Waals surface area (Å²) in [7, 11) is 1.61. The van der Waals surface area contributed by atoms with Crippen LogP contribution in [0.5, 0.6) is 0 Å². The van der Waals surface area contributed by atoms with Crippen LogP contribution in [0.4, 0.5) is 0 Å². The Kier molecular flexibility index (Phi) is 4.22. The van der Waals surface area contributed by atoms with Gasteiger partial charge in [-0.05, 0) is 34.1 Å². The second-order valence-corrected chi connectivity index (χ2v) is 4.45. The molecule has 2 aromatic rings. The highest BCUT2D eigenvalue weighted by Gasteiger charge is 2.17. The zero-order chi connectivity index (χ0) is 13.0. The fourth-order valence-electron chi connectivity index (χ4n) is 1.56. The molecule has 0 radical (unpaired) electrons. The van der Waals surface area contributed by atoms with E-state index in [0.29, 0.717) is 29.0 Å². The average Bonchev–Trinajstić information content (AvgIpc) is 2.84. The molecule has 94 valence electrons. The molecule has 0 aliphatic heterocycles. The van der Waals surface area contributed by atoms with Crippen LogP contribution in [0, 0.1) is 0 Å². The molecule has 0 N–H and O–H groups in total. The molecule has 6 heteroatoms. The molecule has 0 aliphatic carbocycles. The highest BCUT2D eigenvalue weighted by atomic mass is 79.9. The number of aromatic nitrogens is 3. The number of hydrogen-bond acceptors (Lipinski definition) is 4. The molecule has 0 fully saturated rings. The lowest BCUT2D eigenvalue weighted by molar-refractivity contribution is 0.102. The predicted octanol–water partition coefficient (Wildman–Crippen LogP) is 1.92. The first-order valence-electron chi connectivity index (χ1n) is 5.40. The maximum atomic E-state index is 12.3. The molecule has 0 atom stereocenters. The quantitative estimate of drug-likeness (QED) is 0.792. The van der Waals surface area contributed by atoms with Crippen LogP contribution < -0.4 is 0 Å². The summed E-state index contributed by atoms with van der Waals surface area (Å²) in [6.45, 7) is 1.04. The summed E-state index contributed by atoms with van der Waals surface area (Å²) in [4.78, 5) is 16.4. The van der Waals surface area contributed by atoms with Crippen LogP contribution in [0.1, 0.15) is 16.2 Å². The Labute approximate surface area is 113 Å². The van der Waals surface area contributed by atoms with Crippen LogP contribution in [0.25, 0.3) is 0 Å². The van der Waals surface area contributed by atoms with Crippen molar-refractivity contribution in [2.24, 2.45) is 0 Å². The summed E-state index contributed by atoms with van der Waals surface area (Å²) in [5, 5.41) is 4.10. The van der Waals surface area contributed by atoms with Crippen molar-refractivity contribution in [2.45, 2.75) is 6.54 Å². The number of rotatable bonds is 5. The van der Waals surface area contributed by atoms with Gasteiger partial charge in [0.05, 0.1) is 13.2 Å². The number of hydrogen-bond donors (Lipinski definition) is 0. The number of ether oxygens (including phenoxy) is 1. The topological polar surface area (TPSA) is 57.0 Å². The largest absolute Gasteiger partial charge is 0.383 e. The van der Waals surface area contributed by atoms with Crippen molar-refractivity contribution in [1.29, 1.82) is 0 Å². The third kappa shape index (κ3) is 2.65. The Morgan fingerprint density at radius 3 is 3.00 bits per heavy atom. The van der Waals surface area contributed by atoms with E-state index in [1.165, 1.54) is 0 Å². The second-order valence-electron chi connectivity index (χ2n) is 3.60. The van der Waals surface area contributed by atoms with Crippen LogP contribution in [0.2, 0.25) is 0 Å². The van der Waals surface area contributed by atoms with E-state index in [1.54, 1.807) is 42.4 Å². The Balaban J connectivity index is 2.29. The van der Waals surface area contributed by atoms with Crippen molar-refractivity contribution in [1.82, 2.24) is 14.8 Å². The molecule has 0 saturated heterocycles. The zero-order valence-electron chi connectivity index (χ0n) is 9.84. The fraction of sp³-hybridized carbons (Fsp3) is 0.250. The van der Waals surface area contributed by atoms with Gasteiger partial charge in [-0.15, -0.1) is 0 Å². The first kappa shape index (κ1) is 12.9. The number of nitrogens with zero attached hydrogens (tertiary/aromatic N) is 3. The summed E-state index contributed by atoms with van der Waals surface area (Å²) < 4.78 is 7.28. The van der Waals surface area contributed by atoms with Gasteiger partial charge >= 0.3 is 0 Å². The van der Waals surface area contributed by atoms with Crippen molar-refractivity contribution >= 4 is 21.7 Å². The van der Waals surface area contributed by atoms with Crippen LogP contribution >= 0.6 is 15.9 Å². The van der Waals surface area contributed by atoms with Gasteiger partial charge in [0.2, 0.25) is 5.78 Å². The molecule has 2 rings (SSSR count). The van der Waals surface area contributed by atoms with Gasteiger partial charge in [-0.1, -0.05) is 0 Å². The van der Waals surface area contributed by atoms with E-state index in [1.807, 2.05) is 0 Å². The molecule has 0 spiro atoms. The van der Waals surface area contributed by atoms with E-state index in [-0.39, 0.29) is 5.78 Å². The molecule has 2 aromatic heterocycles. The molecule has 0 amide bonds. The molecule has 2 heterocycles. The van der Waals surface area contributed by atoms with Gasteiger partial charge in [0, 0.05) is 24.0 Å². The van der Waals surface area contributed by atoms with Gasteiger partial charge in [-0.2, -0.15) is 5.10 Å². The summed E-state index contributed by atoms with van der Waals surface area (Å²) in [5.74, 6) is -0.156. The molecule has 0 aromatic carbocycles. The second kappa shape index (κ2) is 5.88. The minimum Gasteiger partial charge on any atom is -0.383 e. The third-order valence-corrected chi connectivity index (χ3v) is 3.07. The van der Waals surface area contributed by atoms with Gasteiger partial charge < -0.3 is 4.74 Å². The summed E-state index contributed by atoms with van der Waals surface area (Å²) in [5.41, 5.74) is 0.892. The lowest BCUT2D eigenvalue weighted by atomic mass is 10.2. The van der Waals surface area contributed by atoms with Crippen LogP contribution in [-0.2, 0) is 11.3 Å². The van der Waals surface area contributed by atoms with E-state index in [4.69, 9.17) is 4.74 Å². The van der Waals surface area contributed by atoms with E-state index < -0.39 is 0 Å². The Hall–Kier alpha value is -1.53. The summed E-state index contributed by atoms with van der Waals surface area (Å²) in [6.07, 6.45) is 3.19. The first-order chi connectivity index (χ1) is 8.74. The lowest BCUT2D eigenvalue weighted by Gasteiger charge is -2.06. The van der Waals surface area contributed by atoms with Crippen molar-refractivity contribution in [3.05, 3.63) is 46.5 Å². The van der Waals surface area contributed by atoms with Crippen molar-refractivity contribution in [2.75, 3.05) is 13.7 Å². The van der Waals surface area contributed by atoms with Crippen LogP contribution in [-0.4, -0.2) is 34.3 Å². The molecular formula is C12H12BrN3O2. The molecular weight excluding hydrogens is 298 g/mol. The fourth-order valence-corrected chi connectivity index (χ4v) is 1.99. The van der Waals surface area contributed by atoms with E-state index in [9.17, 15) is 4.79 Å². The number of carbonyl (C=O) groups is 1. The predicted molar refractivity (Wildman–Crippen MR) is 69.5 cm³/mol. The Bertz CT molecular complexity index is 554. The van der Waals surface area contributed by atoms with Crippen molar-refractivity contribution in [3.63, 3.8) is 0 Å². The highest BCUT2D eigenvalue weighted by Crippen LogP contribution is 2.17. The lowest BCUT2D eigenvalue weighted by Crippen LogP contribution is -2.15. The van der Waals surface area contributed by atoms with Crippen molar-refractivity contribution < 1.29 is 9.53 Å². The number of methoxy groups -OCH3 is 1. The standard InChI is InChI=1S/C12H12BrN3O2/c1-18-8-7-16-10(4-6-15-16)12(17)11-9(13)3-2-5-14-11/h2-6H,7-8H2,1H3. The van der Waals surface area contributed by atoms with Gasteiger partial charge in [0.15, 0.2) is 0 Å². The average molecular weight is 310 g/mol. The van der Waals surface area contributed by atoms with E-state index in [0.717, 1.165) is 0 Å². The maximum absolute atomic E-state index is 12.3. The van der Waals surface area contributed by atoms with Gasteiger partial charge in [-0.25, -0.2) is 0 Å². The van der Waals surface area contributed by atoms with Gasteiger partial charge in [0.1, 0.15) is 11.4 Å². The maximum Gasteiger partial charge on any atom is 0.230 e. The SMILES string of the molecule is COCCn1nccc1C(=O)c1ncccc1Br. The summed E-state index contributed by atoms with van der Waals surface area (Å²) in [6, 6.07) is 5.23. The highest BCUT2D eigenvalue weighted by molar-refractivity contribution is 9.10. The molecule has 0 aliphatic rings. The molecule has 0 saturated carbocycles. The first-order valence-corrected chi connectivity index (χ1v) is 6.19. The number of ketones is 1. The van der Waals surface area contributed by atoms with Crippen LogP contribution in [0.15, 0.2) is 35.1 Å². The van der Waals surface area contributed by atoms with Gasteiger partial charge in [-0.3, -0.25) is 14.5 Å². The molecule has 0 bridgehead atoms. The number of halogens is 1. The normalized spacial score (nSPS) is 10.6. The number of pyridine rings is 1. The Morgan fingerprint density at radius 1 is 1.44 bits per heavy atom. The van der Waals surface area contributed by atoms with Gasteiger partial charge in [0.25, 0.3) is 0 Å². The Morgan fingerprint density at radius 2 is 2.28 bits per heavy atom. The third-order valence-electron chi connectivity index (χ3n) is 2.43. The zero-order valence-corrected chi connectivity index (χ0v) is 11.4. The van der Waals surface area contributed by atoms with E-state index >= 15 is 0 Å². The van der Waals surface area contributed by atoms with E-state index in [2.05, 4.69) is 26.0 Å².